The molecule has 1 aliphatic carbocycles. The van der Waals surface area contributed by atoms with Gasteiger partial charge in [-0.05, 0) is 37.1 Å². The second-order valence-electron chi connectivity index (χ2n) is 6.16. The van der Waals surface area contributed by atoms with Crippen LogP contribution >= 0.6 is 11.6 Å². The maximum Gasteiger partial charge on any atom is 0.271 e. The molecule has 6 nitrogen and oxygen atoms in total. The third-order valence-electron chi connectivity index (χ3n) is 5.15. The molecule has 0 saturated heterocycles. The Morgan fingerprint density at radius 3 is 2.36 bits per heavy atom. The summed E-state index contributed by atoms with van der Waals surface area (Å²) in [5.74, 6) is -2.31. The monoisotopic (exact) mass is 352 g/mol. The molecule has 2 N–H and O–H groups in total. The second-order valence-corrected chi connectivity index (χ2v) is 6.60. The standard InChI is InChI=1S/C18H13ClN4O2/c1-9-13(10(2)24)14(11-3-5-12(19)6-4-11)18(8-21)16(25)23-15(22)17(9,18)7-20/h3-6,14H,1-2H3,(H2,22,23,25). The molecule has 1 heterocycles. The van der Waals surface area contributed by atoms with Crippen LogP contribution in [-0.2, 0) is 9.59 Å². The van der Waals surface area contributed by atoms with Crippen molar-refractivity contribution in [2.45, 2.75) is 19.8 Å². The molecule has 0 aromatic heterocycles. The molecule has 0 spiro atoms. The number of nitriles is 2. The number of ketones is 1. The highest BCUT2D eigenvalue weighted by molar-refractivity contribution is 6.30. The number of carbonyl (C=O) groups is 2. The molecular formula is C18H13ClN4O2. The van der Waals surface area contributed by atoms with Crippen LogP contribution in [0.3, 0.4) is 0 Å². The predicted octanol–water partition coefficient (Wildman–Crippen LogP) is 2.26. The van der Waals surface area contributed by atoms with Gasteiger partial charge < -0.3 is 5.73 Å². The summed E-state index contributed by atoms with van der Waals surface area (Å²) in [6.45, 7) is 2.90. The van der Waals surface area contributed by atoms with E-state index in [1.54, 1.807) is 31.2 Å². The summed E-state index contributed by atoms with van der Waals surface area (Å²) >= 11 is 5.93. The number of halogens is 1. The van der Waals surface area contributed by atoms with Crippen LogP contribution in [0.1, 0.15) is 25.3 Å². The number of allylic oxidation sites excluding steroid dienone is 1. The van der Waals surface area contributed by atoms with Crippen LogP contribution in [0.2, 0.25) is 5.02 Å². The summed E-state index contributed by atoms with van der Waals surface area (Å²) in [6, 6.07) is 10.5. The average Bonchev–Trinajstić information content (AvgIpc) is 2.94. The highest BCUT2D eigenvalue weighted by Crippen LogP contribution is 2.65. The van der Waals surface area contributed by atoms with Gasteiger partial charge in [0.25, 0.3) is 5.91 Å². The van der Waals surface area contributed by atoms with Gasteiger partial charge in [-0.3, -0.25) is 9.59 Å². The Hall–Kier alpha value is -2.96. The largest absolute Gasteiger partial charge is 0.385 e. The number of hydrogen-bond acceptors (Lipinski definition) is 5. The first-order valence-corrected chi connectivity index (χ1v) is 7.85. The molecule has 0 saturated carbocycles. The van der Waals surface area contributed by atoms with E-state index in [0.29, 0.717) is 16.2 Å². The maximum atomic E-state index is 12.7. The first kappa shape index (κ1) is 16.9. The lowest BCUT2D eigenvalue weighted by atomic mass is 9.60. The first-order valence-electron chi connectivity index (χ1n) is 7.47. The summed E-state index contributed by atoms with van der Waals surface area (Å²) < 4.78 is 0. The molecule has 3 atom stereocenters. The number of amidine groups is 1. The van der Waals surface area contributed by atoms with Gasteiger partial charge >= 0.3 is 0 Å². The topological polar surface area (TPSA) is 120 Å². The Morgan fingerprint density at radius 2 is 1.88 bits per heavy atom. The SMILES string of the molecule is CC(=O)C1=C(C)C2(C#N)C(N)=NC(=O)C2(C#N)C1c1ccc(Cl)cc1. The number of benzene rings is 1. The average molecular weight is 353 g/mol. The highest BCUT2D eigenvalue weighted by atomic mass is 35.5. The summed E-state index contributed by atoms with van der Waals surface area (Å²) in [4.78, 5) is 28.9. The molecule has 1 aromatic carbocycles. The quantitative estimate of drug-likeness (QED) is 0.875. The van der Waals surface area contributed by atoms with Crippen molar-refractivity contribution in [1.29, 1.82) is 10.5 Å². The summed E-state index contributed by atoms with van der Waals surface area (Å²) in [7, 11) is 0. The van der Waals surface area contributed by atoms with E-state index < -0.39 is 22.7 Å². The minimum atomic E-state index is -1.90. The number of aliphatic imine (C=N–C) groups is 1. The number of Topliss-reactive ketones (excluding diaryl/α,β-unsaturated/α-hetero) is 1. The molecule has 25 heavy (non-hydrogen) atoms. The zero-order valence-electron chi connectivity index (χ0n) is 13.5. The van der Waals surface area contributed by atoms with Crippen LogP contribution in [0.4, 0.5) is 0 Å². The van der Waals surface area contributed by atoms with Crippen molar-refractivity contribution in [3.05, 3.63) is 46.0 Å². The molecule has 1 amide bonds. The Bertz CT molecular complexity index is 964. The van der Waals surface area contributed by atoms with E-state index >= 15 is 0 Å². The van der Waals surface area contributed by atoms with E-state index in [1.165, 1.54) is 6.92 Å². The van der Waals surface area contributed by atoms with Crippen molar-refractivity contribution >= 4 is 29.1 Å². The fourth-order valence-corrected chi connectivity index (χ4v) is 4.20. The third kappa shape index (κ3) is 1.75. The minimum absolute atomic E-state index is 0.241. The maximum absolute atomic E-state index is 12.7. The van der Waals surface area contributed by atoms with Gasteiger partial charge in [0.2, 0.25) is 0 Å². The van der Waals surface area contributed by atoms with Crippen LogP contribution < -0.4 is 5.73 Å². The zero-order chi connectivity index (χ0) is 18.6. The summed E-state index contributed by atoms with van der Waals surface area (Å²) in [5.41, 5.74) is 3.36. The smallest absolute Gasteiger partial charge is 0.271 e. The predicted molar refractivity (Wildman–Crippen MR) is 90.3 cm³/mol. The number of fused-ring (bicyclic) bond motifs is 1. The van der Waals surface area contributed by atoms with Crippen LogP contribution in [-0.4, -0.2) is 17.5 Å². The van der Waals surface area contributed by atoms with Gasteiger partial charge in [0, 0.05) is 16.5 Å². The number of nitrogens with two attached hydrogens (primary N) is 1. The van der Waals surface area contributed by atoms with E-state index in [2.05, 4.69) is 4.99 Å². The molecule has 7 heteroatoms. The number of rotatable bonds is 2. The van der Waals surface area contributed by atoms with Crippen molar-refractivity contribution in [1.82, 2.24) is 0 Å². The number of carbonyl (C=O) groups excluding carboxylic acids is 2. The molecule has 2 aliphatic rings. The number of amides is 1. The number of hydrogen-bond donors (Lipinski definition) is 1. The lowest BCUT2D eigenvalue weighted by Gasteiger charge is -2.33. The van der Waals surface area contributed by atoms with E-state index in [-0.39, 0.29) is 17.2 Å². The molecule has 124 valence electrons. The molecule has 3 unspecified atom stereocenters. The Kier molecular flexibility index (Phi) is 3.56. The minimum Gasteiger partial charge on any atom is -0.385 e. The van der Waals surface area contributed by atoms with Gasteiger partial charge in [-0.25, -0.2) is 0 Å². The van der Waals surface area contributed by atoms with Gasteiger partial charge in [-0.15, -0.1) is 0 Å². The van der Waals surface area contributed by atoms with Crippen LogP contribution in [0.5, 0.6) is 0 Å². The van der Waals surface area contributed by atoms with Gasteiger partial charge in [0.15, 0.2) is 16.6 Å². The van der Waals surface area contributed by atoms with E-state index in [9.17, 15) is 20.1 Å². The van der Waals surface area contributed by atoms with E-state index in [4.69, 9.17) is 17.3 Å². The molecule has 0 bridgehead atoms. The van der Waals surface area contributed by atoms with Crippen molar-refractivity contribution in [2.75, 3.05) is 0 Å². The fourth-order valence-electron chi connectivity index (χ4n) is 4.07. The summed E-state index contributed by atoms with van der Waals surface area (Å²) in [6.07, 6.45) is 0. The Balaban J connectivity index is 2.44. The highest BCUT2D eigenvalue weighted by Gasteiger charge is 2.74. The zero-order valence-corrected chi connectivity index (χ0v) is 14.3. The van der Waals surface area contributed by atoms with Crippen molar-refractivity contribution in [3.63, 3.8) is 0 Å². The molecular weight excluding hydrogens is 340 g/mol. The Labute approximate surface area is 149 Å². The van der Waals surface area contributed by atoms with Crippen molar-refractivity contribution in [2.24, 2.45) is 21.6 Å². The molecule has 3 rings (SSSR count). The molecule has 0 fully saturated rings. The van der Waals surface area contributed by atoms with Gasteiger partial charge in [-0.2, -0.15) is 15.5 Å². The van der Waals surface area contributed by atoms with Gasteiger partial charge in [-0.1, -0.05) is 23.7 Å². The van der Waals surface area contributed by atoms with Crippen LogP contribution in [0, 0.1) is 33.5 Å². The lowest BCUT2D eigenvalue weighted by molar-refractivity contribution is -0.125. The lowest BCUT2D eigenvalue weighted by Crippen LogP contribution is -2.48. The van der Waals surface area contributed by atoms with Crippen molar-refractivity contribution < 1.29 is 9.59 Å². The normalized spacial score (nSPS) is 30.5. The Morgan fingerprint density at radius 1 is 1.28 bits per heavy atom. The second kappa shape index (κ2) is 5.27. The van der Waals surface area contributed by atoms with E-state index in [1.807, 2.05) is 12.1 Å². The van der Waals surface area contributed by atoms with Crippen LogP contribution in [0.15, 0.2) is 40.4 Å². The molecule has 1 aliphatic heterocycles. The molecule has 0 radical (unpaired) electrons. The van der Waals surface area contributed by atoms with E-state index in [0.717, 1.165) is 0 Å². The first-order chi connectivity index (χ1) is 11.8. The van der Waals surface area contributed by atoms with Crippen molar-refractivity contribution in [3.8, 4) is 12.1 Å². The fraction of sp³-hybridized carbons (Fsp3) is 0.278. The van der Waals surface area contributed by atoms with Crippen LogP contribution in [0.25, 0.3) is 0 Å². The number of nitrogens with zero attached hydrogens (tertiary/aromatic N) is 3. The van der Waals surface area contributed by atoms with Gasteiger partial charge in [0.1, 0.15) is 5.84 Å². The van der Waals surface area contributed by atoms with Gasteiger partial charge in [0.05, 0.1) is 12.1 Å². The summed E-state index contributed by atoms with van der Waals surface area (Å²) in [5, 5.41) is 20.4. The third-order valence-corrected chi connectivity index (χ3v) is 5.40. The molecule has 1 aromatic rings.